The molecule has 2 aliphatic rings. The summed E-state index contributed by atoms with van der Waals surface area (Å²) >= 11 is 0. The zero-order valence-electron chi connectivity index (χ0n) is 15.4. The molecular formula is C19H22N4O4. The fourth-order valence-corrected chi connectivity index (χ4v) is 4.45. The standard InChI is InChI=1S/C19H22N4O4/c1-12-4-3-5-23-16(25)6-15(20-17(12)23)9-21-7-14-8-22(13(2)24)11-19(14,10-21)18(26)27/h3-6,14H,7-11H2,1-2H3,(H,26,27)/t14-,19-/m1/s1. The molecule has 2 aliphatic heterocycles. The average molecular weight is 370 g/mol. The number of carboxylic acid groups (broad SMARTS) is 1. The number of aliphatic carboxylic acids is 1. The molecule has 0 unspecified atom stereocenters. The van der Waals surface area contributed by atoms with Crippen molar-refractivity contribution in [1.29, 1.82) is 0 Å². The lowest BCUT2D eigenvalue weighted by Gasteiger charge is -2.24. The summed E-state index contributed by atoms with van der Waals surface area (Å²) in [6.45, 7) is 5.43. The molecule has 2 aromatic rings. The fourth-order valence-electron chi connectivity index (χ4n) is 4.45. The number of carbonyl (C=O) groups excluding carboxylic acids is 1. The van der Waals surface area contributed by atoms with Gasteiger partial charge in [-0.25, -0.2) is 4.98 Å². The monoisotopic (exact) mass is 370 g/mol. The third-order valence-corrected chi connectivity index (χ3v) is 5.88. The Labute approximate surface area is 156 Å². The van der Waals surface area contributed by atoms with Gasteiger partial charge in [-0.1, -0.05) is 6.07 Å². The van der Waals surface area contributed by atoms with Crippen molar-refractivity contribution in [2.75, 3.05) is 26.2 Å². The Kier molecular flexibility index (Phi) is 4.03. The number of amides is 1. The first kappa shape index (κ1) is 17.7. The number of pyridine rings is 1. The number of fused-ring (bicyclic) bond motifs is 2. The van der Waals surface area contributed by atoms with Gasteiger partial charge in [0.2, 0.25) is 5.91 Å². The summed E-state index contributed by atoms with van der Waals surface area (Å²) in [6.07, 6.45) is 1.69. The van der Waals surface area contributed by atoms with Gasteiger partial charge in [0.15, 0.2) is 0 Å². The van der Waals surface area contributed by atoms with E-state index in [0.717, 1.165) is 5.56 Å². The second-order valence-electron chi connectivity index (χ2n) is 7.70. The van der Waals surface area contributed by atoms with Gasteiger partial charge in [0.05, 0.1) is 5.69 Å². The molecule has 0 aliphatic carbocycles. The minimum absolute atomic E-state index is 0.0868. The number of hydrogen-bond acceptors (Lipinski definition) is 5. The van der Waals surface area contributed by atoms with Crippen LogP contribution in [0.5, 0.6) is 0 Å². The zero-order valence-corrected chi connectivity index (χ0v) is 15.4. The van der Waals surface area contributed by atoms with Crippen LogP contribution in [0.4, 0.5) is 0 Å². The molecule has 0 saturated carbocycles. The molecule has 2 aromatic heterocycles. The number of carboxylic acids is 1. The summed E-state index contributed by atoms with van der Waals surface area (Å²) in [5.74, 6) is -1.06. The van der Waals surface area contributed by atoms with E-state index in [1.54, 1.807) is 11.1 Å². The summed E-state index contributed by atoms with van der Waals surface area (Å²) in [5.41, 5.74) is 1.09. The van der Waals surface area contributed by atoms with Crippen LogP contribution in [0.25, 0.3) is 5.65 Å². The van der Waals surface area contributed by atoms with Crippen LogP contribution in [0.15, 0.2) is 29.2 Å². The summed E-state index contributed by atoms with van der Waals surface area (Å²) in [5, 5.41) is 9.85. The van der Waals surface area contributed by atoms with Crippen molar-refractivity contribution >= 4 is 17.5 Å². The fraction of sp³-hybridized carbons (Fsp3) is 0.474. The molecule has 0 spiro atoms. The lowest BCUT2D eigenvalue weighted by atomic mass is 9.81. The predicted octanol–water partition coefficient (Wildman–Crippen LogP) is 0.368. The average Bonchev–Trinajstić information content (AvgIpc) is 3.11. The van der Waals surface area contributed by atoms with Gasteiger partial charge in [-0.2, -0.15) is 0 Å². The van der Waals surface area contributed by atoms with Crippen molar-refractivity contribution in [3.05, 3.63) is 46.0 Å². The van der Waals surface area contributed by atoms with Crippen molar-refractivity contribution in [2.45, 2.75) is 20.4 Å². The highest BCUT2D eigenvalue weighted by Gasteiger charge is 2.58. The number of carbonyl (C=O) groups is 2. The van der Waals surface area contributed by atoms with Crippen LogP contribution in [0.2, 0.25) is 0 Å². The quantitative estimate of drug-likeness (QED) is 0.839. The number of likely N-dealkylation sites (tertiary alicyclic amines) is 2. The van der Waals surface area contributed by atoms with E-state index in [-0.39, 0.29) is 23.9 Å². The maximum absolute atomic E-state index is 12.4. The van der Waals surface area contributed by atoms with Crippen LogP contribution in [0.1, 0.15) is 18.2 Å². The Balaban J connectivity index is 1.60. The zero-order chi connectivity index (χ0) is 19.3. The molecule has 2 saturated heterocycles. The molecular weight excluding hydrogens is 348 g/mol. The number of rotatable bonds is 3. The van der Waals surface area contributed by atoms with E-state index in [0.29, 0.717) is 37.5 Å². The third-order valence-electron chi connectivity index (χ3n) is 5.88. The minimum Gasteiger partial charge on any atom is -0.481 e. The molecule has 142 valence electrons. The van der Waals surface area contributed by atoms with Gasteiger partial charge in [-0.05, 0) is 18.6 Å². The van der Waals surface area contributed by atoms with Crippen LogP contribution in [0, 0.1) is 18.3 Å². The molecule has 2 fully saturated rings. The Morgan fingerprint density at radius 2 is 2.11 bits per heavy atom. The molecule has 0 radical (unpaired) electrons. The van der Waals surface area contributed by atoms with Gasteiger partial charge in [0.1, 0.15) is 11.1 Å². The van der Waals surface area contributed by atoms with E-state index in [9.17, 15) is 19.5 Å². The Bertz CT molecular complexity index is 1000. The molecule has 4 heterocycles. The van der Waals surface area contributed by atoms with Crippen molar-refractivity contribution in [3.63, 3.8) is 0 Å². The summed E-state index contributed by atoms with van der Waals surface area (Å²) in [6, 6.07) is 5.22. The second kappa shape index (κ2) is 6.16. The number of nitrogens with zero attached hydrogens (tertiary/aromatic N) is 4. The summed E-state index contributed by atoms with van der Waals surface area (Å²) in [4.78, 5) is 44.3. The topological polar surface area (TPSA) is 95.2 Å². The van der Waals surface area contributed by atoms with E-state index >= 15 is 0 Å². The largest absolute Gasteiger partial charge is 0.481 e. The molecule has 8 heteroatoms. The van der Waals surface area contributed by atoms with Crippen molar-refractivity contribution < 1.29 is 14.7 Å². The van der Waals surface area contributed by atoms with Gasteiger partial charge in [0, 0.05) is 57.8 Å². The number of aryl methyl sites for hydroxylation is 1. The highest BCUT2D eigenvalue weighted by atomic mass is 16.4. The molecule has 0 aromatic carbocycles. The third kappa shape index (κ3) is 2.80. The van der Waals surface area contributed by atoms with Gasteiger partial charge < -0.3 is 10.0 Å². The first-order valence-corrected chi connectivity index (χ1v) is 8.99. The molecule has 27 heavy (non-hydrogen) atoms. The first-order valence-electron chi connectivity index (χ1n) is 8.99. The molecule has 8 nitrogen and oxygen atoms in total. The van der Waals surface area contributed by atoms with E-state index in [2.05, 4.69) is 4.98 Å². The number of aromatic nitrogens is 2. The van der Waals surface area contributed by atoms with Gasteiger partial charge >= 0.3 is 5.97 Å². The van der Waals surface area contributed by atoms with Crippen molar-refractivity contribution in [2.24, 2.45) is 11.3 Å². The highest BCUT2D eigenvalue weighted by molar-refractivity contribution is 5.80. The van der Waals surface area contributed by atoms with Crippen LogP contribution in [-0.2, 0) is 16.1 Å². The Morgan fingerprint density at radius 3 is 2.78 bits per heavy atom. The normalized spacial score (nSPS) is 25.1. The number of hydrogen-bond donors (Lipinski definition) is 1. The highest BCUT2D eigenvalue weighted by Crippen LogP contribution is 2.43. The first-order chi connectivity index (χ1) is 12.8. The molecule has 1 amide bonds. The smallest absolute Gasteiger partial charge is 0.313 e. The molecule has 2 atom stereocenters. The Morgan fingerprint density at radius 1 is 1.33 bits per heavy atom. The summed E-state index contributed by atoms with van der Waals surface area (Å²) < 4.78 is 1.51. The second-order valence-corrected chi connectivity index (χ2v) is 7.70. The minimum atomic E-state index is -0.937. The van der Waals surface area contributed by atoms with Crippen LogP contribution in [-0.4, -0.2) is 62.3 Å². The van der Waals surface area contributed by atoms with Crippen LogP contribution < -0.4 is 5.56 Å². The van der Waals surface area contributed by atoms with E-state index in [1.807, 2.05) is 24.0 Å². The maximum atomic E-state index is 12.4. The van der Waals surface area contributed by atoms with Gasteiger partial charge in [-0.3, -0.25) is 23.7 Å². The summed E-state index contributed by atoms with van der Waals surface area (Å²) in [7, 11) is 0. The predicted molar refractivity (Wildman–Crippen MR) is 97.3 cm³/mol. The van der Waals surface area contributed by atoms with Gasteiger partial charge in [-0.15, -0.1) is 0 Å². The maximum Gasteiger partial charge on any atom is 0.313 e. The SMILES string of the molecule is CC(=O)N1C[C@H]2CN(Cc3cc(=O)n4cccc(C)c4n3)C[C@@]2(C(=O)O)C1. The van der Waals surface area contributed by atoms with Crippen LogP contribution in [0.3, 0.4) is 0 Å². The lowest BCUT2D eigenvalue weighted by molar-refractivity contribution is -0.149. The van der Waals surface area contributed by atoms with E-state index in [1.165, 1.54) is 17.4 Å². The van der Waals surface area contributed by atoms with Gasteiger partial charge in [0.25, 0.3) is 5.56 Å². The van der Waals surface area contributed by atoms with Crippen molar-refractivity contribution in [3.8, 4) is 0 Å². The molecule has 4 rings (SSSR count). The molecule has 0 bridgehead atoms. The van der Waals surface area contributed by atoms with E-state index in [4.69, 9.17) is 0 Å². The Hall–Kier alpha value is -2.74. The molecule has 1 N–H and O–H groups in total. The van der Waals surface area contributed by atoms with E-state index < -0.39 is 11.4 Å². The van der Waals surface area contributed by atoms with Crippen LogP contribution >= 0.6 is 0 Å². The lowest BCUT2D eigenvalue weighted by Crippen LogP contribution is -2.41. The van der Waals surface area contributed by atoms with Crippen molar-refractivity contribution in [1.82, 2.24) is 19.2 Å².